The Morgan fingerprint density at radius 3 is 2.54 bits per heavy atom. The third-order valence-corrected chi connectivity index (χ3v) is 5.01. The molecule has 1 saturated heterocycles. The summed E-state index contributed by atoms with van der Waals surface area (Å²) in [6, 6.07) is 14.5. The molecule has 0 saturated carbocycles. The average Bonchev–Trinajstić information content (AvgIpc) is 2.93. The van der Waals surface area contributed by atoms with Crippen molar-refractivity contribution in [3.8, 4) is 5.75 Å². The van der Waals surface area contributed by atoms with E-state index in [0.29, 0.717) is 22.9 Å². The van der Waals surface area contributed by atoms with Gasteiger partial charge in [-0.25, -0.2) is 0 Å². The van der Waals surface area contributed by atoms with E-state index in [9.17, 15) is 14.4 Å². The van der Waals surface area contributed by atoms with Gasteiger partial charge in [0.05, 0.1) is 11.5 Å². The monoisotopic (exact) mass is 396 g/mol. The zero-order valence-corrected chi connectivity index (χ0v) is 16.4. The Labute approximate surface area is 167 Å². The van der Waals surface area contributed by atoms with Crippen LogP contribution in [-0.4, -0.2) is 35.1 Å². The van der Waals surface area contributed by atoms with Gasteiger partial charge in [-0.05, 0) is 67.1 Å². The van der Waals surface area contributed by atoms with Crippen LogP contribution in [0.25, 0.3) is 6.08 Å². The van der Waals surface area contributed by atoms with Crippen molar-refractivity contribution in [3.63, 3.8) is 0 Å². The molecule has 1 heterocycles. The summed E-state index contributed by atoms with van der Waals surface area (Å²) in [6.45, 7) is 4.05. The van der Waals surface area contributed by atoms with Crippen molar-refractivity contribution in [2.75, 3.05) is 18.5 Å². The maximum atomic E-state index is 12.6. The van der Waals surface area contributed by atoms with Crippen molar-refractivity contribution in [1.82, 2.24) is 4.90 Å². The van der Waals surface area contributed by atoms with Crippen molar-refractivity contribution >= 4 is 40.6 Å². The average molecular weight is 396 g/mol. The molecule has 2 aromatic rings. The van der Waals surface area contributed by atoms with E-state index >= 15 is 0 Å². The summed E-state index contributed by atoms with van der Waals surface area (Å²) in [6.07, 6.45) is 1.69. The molecule has 3 amide bonds. The predicted octanol–water partition coefficient (Wildman–Crippen LogP) is 4.07. The van der Waals surface area contributed by atoms with E-state index in [1.54, 1.807) is 30.3 Å². The number of anilines is 1. The fraction of sp³-hybridized carbons (Fsp3) is 0.190. The van der Waals surface area contributed by atoms with E-state index in [2.05, 4.69) is 5.32 Å². The van der Waals surface area contributed by atoms with E-state index in [0.717, 1.165) is 27.8 Å². The van der Waals surface area contributed by atoms with E-state index in [1.807, 2.05) is 38.1 Å². The van der Waals surface area contributed by atoms with Gasteiger partial charge in [-0.2, -0.15) is 0 Å². The third kappa shape index (κ3) is 4.61. The van der Waals surface area contributed by atoms with Crippen LogP contribution in [-0.2, 0) is 9.59 Å². The highest BCUT2D eigenvalue weighted by Gasteiger charge is 2.36. The molecule has 0 aromatic heterocycles. The number of rotatable bonds is 6. The minimum absolute atomic E-state index is 0.313. The van der Waals surface area contributed by atoms with E-state index < -0.39 is 17.1 Å². The quantitative estimate of drug-likeness (QED) is 0.745. The zero-order chi connectivity index (χ0) is 20.1. The minimum atomic E-state index is -0.458. The molecule has 1 aliphatic heterocycles. The number of carbonyl (C=O) groups excluding carboxylic acids is 3. The second kappa shape index (κ2) is 8.75. The molecule has 6 nitrogen and oxygen atoms in total. The maximum absolute atomic E-state index is 12.6. The lowest BCUT2D eigenvalue weighted by Crippen LogP contribution is -2.36. The van der Waals surface area contributed by atoms with Crippen LogP contribution in [0.3, 0.4) is 0 Å². The summed E-state index contributed by atoms with van der Waals surface area (Å²) in [4.78, 5) is 38.3. The largest absolute Gasteiger partial charge is 0.494 e. The van der Waals surface area contributed by atoms with Crippen LogP contribution in [0.15, 0.2) is 53.4 Å². The number of thioether (sulfide) groups is 1. The Bertz CT molecular complexity index is 938. The second-order valence-electron chi connectivity index (χ2n) is 6.13. The lowest BCUT2D eigenvalue weighted by Gasteiger charge is -2.12. The van der Waals surface area contributed by atoms with Crippen LogP contribution >= 0.6 is 11.8 Å². The number of hydrogen-bond donors (Lipinski definition) is 1. The van der Waals surface area contributed by atoms with Crippen molar-refractivity contribution in [2.45, 2.75) is 13.8 Å². The number of ether oxygens (including phenoxy) is 1. The van der Waals surface area contributed by atoms with Crippen molar-refractivity contribution in [1.29, 1.82) is 0 Å². The van der Waals surface area contributed by atoms with Crippen LogP contribution < -0.4 is 10.1 Å². The highest BCUT2D eigenvalue weighted by atomic mass is 32.2. The summed E-state index contributed by atoms with van der Waals surface area (Å²) < 4.78 is 5.35. The zero-order valence-electron chi connectivity index (χ0n) is 15.6. The van der Waals surface area contributed by atoms with Crippen LogP contribution in [0.4, 0.5) is 10.5 Å². The molecule has 2 aromatic carbocycles. The fourth-order valence-electron chi connectivity index (χ4n) is 2.67. The first kappa shape index (κ1) is 19.7. The summed E-state index contributed by atoms with van der Waals surface area (Å²) in [7, 11) is 0. The fourth-order valence-corrected chi connectivity index (χ4v) is 3.50. The summed E-state index contributed by atoms with van der Waals surface area (Å²) in [5, 5.41) is 2.23. The highest BCUT2D eigenvalue weighted by molar-refractivity contribution is 8.18. The Morgan fingerprint density at radius 1 is 1.14 bits per heavy atom. The summed E-state index contributed by atoms with van der Waals surface area (Å²) >= 11 is 0.843. The molecule has 0 aliphatic carbocycles. The normalized spacial score (nSPS) is 15.2. The van der Waals surface area contributed by atoms with E-state index in [1.165, 1.54) is 0 Å². The first-order valence-corrected chi connectivity index (χ1v) is 9.63. The predicted molar refractivity (Wildman–Crippen MR) is 110 cm³/mol. The standard InChI is InChI=1S/C21H20N2O4S/c1-3-27-17-10-8-16(9-11-17)22-19(24)13-23-20(25)18(28-21(23)26)12-15-7-5-4-6-14(15)2/h4-12H,3,13H2,1-2H3,(H,22,24)/b18-12-. The van der Waals surface area contributed by atoms with Crippen molar-refractivity contribution < 1.29 is 19.1 Å². The molecule has 7 heteroatoms. The Kier molecular flexibility index (Phi) is 6.16. The molecule has 1 aliphatic rings. The molecular weight excluding hydrogens is 376 g/mol. The molecule has 0 bridgehead atoms. The first-order valence-electron chi connectivity index (χ1n) is 8.81. The summed E-state index contributed by atoms with van der Waals surface area (Å²) in [5.41, 5.74) is 2.44. The molecule has 1 N–H and O–H groups in total. The van der Waals surface area contributed by atoms with E-state index in [4.69, 9.17) is 4.74 Å². The number of nitrogens with zero attached hydrogens (tertiary/aromatic N) is 1. The van der Waals surface area contributed by atoms with Crippen LogP contribution in [0.2, 0.25) is 0 Å². The topological polar surface area (TPSA) is 75.7 Å². The smallest absolute Gasteiger partial charge is 0.294 e. The molecule has 0 spiro atoms. The molecule has 1 fully saturated rings. The highest BCUT2D eigenvalue weighted by Crippen LogP contribution is 2.32. The molecule has 0 atom stereocenters. The Morgan fingerprint density at radius 2 is 1.86 bits per heavy atom. The third-order valence-electron chi connectivity index (χ3n) is 4.10. The maximum Gasteiger partial charge on any atom is 0.294 e. The van der Waals surface area contributed by atoms with Gasteiger partial charge in [0, 0.05) is 5.69 Å². The molecular formula is C21H20N2O4S. The molecule has 0 radical (unpaired) electrons. The number of hydrogen-bond acceptors (Lipinski definition) is 5. The van der Waals surface area contributed by atoms with Gasteiger partial charge in [-0.15, -0.1) is 0 Å². The number of imide groups is 1. The number of nitrogens with one attached hydrogen (secondary N) is 1. The van der Waals surface area contributed by atoms with Crippen molar-refractivity contribution in [2.24, 2.45) is 0 Å². The number of carbonyl (C=O) groups is 3. The first-order chi connectivity index (χ1) is 13.5. The van der Waals surface area contributed by atoms with Crippen LogP contribution in [0.5, 0.6) is 5.75 Å². The number of amides is 3. The van der Waals surface area contributed by atoms with Crippen LogP contribution in [0.1, 0.15) is 18.1 Å². The lowest BCUT2D eigenvalue weighted by atomic mass is 10.1. The molecule has 28 heavy (non-hydrogen) atoms. The van der Waals surface area contributed by atoms with Gasteiger partial charge in [0.1, 0.15) is 12.3 Å². The van der Waals surface area contributed by atoms with Gasteiger partial charge in [0.15, 0.2) is 0 Å². The van der Waals surface area contributed by atoms with Gasteiger partial charge < -0.3 is 10.1 Å². The Hall–Kier alpha value is -3.06. The van der Waals surface area contributed by atoms with Gasteiger partial charge in [-0.3, -0.25) is 19.3 Å². The molecule has 3 rings (SSSR count). The van der Waals surface area contributed by atoms with Crippen molar-refractivity contribution in [3.05, 3.63) is 64.6 Å². The number of benzene rings is 2. The Balaban J connectivity index is 1.65. The lowest BCUT2D eigenvalue weighted by molar-refractivity contribution is -0.127. The summed E-state index contributed by atoms with van der Waals surface area (Å²) in [5.74, 6) is -0.198. The van der Waals surface area contributed by atoms with Gasteiger partial charge in [0.25, 0.3) is 11.1 Å². The molecule has 0 unspecified atom stereocenters. The second-order valence-corrected chi connectivity index (χ2v) is 7.12. The van der Waals surface area contributed by atoms with Gasteiger partial charge >= 0.3 is 0 Å². The van der Waals surface area contributed by atoms with Gasteiger partial charge in [0.2, 0.25) is 5.91 Å². The van der Waals surface area contributed by atoms with Gasteiger partial charge in [-0.1, -0.05) is 24.3 Å². The van der Waals surface area contributed by atoms with E-state index in [-0.39, 0.29) is 6.54 Å². The number of aryl methyl sites for hydroxylation is 1. The molecule has 144 valence electrons. The SMILES string of the molecule is CCOc1ccc(NC(=O)CN2C(=O)S/C(=C\c3ccccc3C)C2=O)cc1. The van der Waals surface area contributed by atoms with Crippen LogP contribution in [0, 0.1) is 6.92 Å². The minimum Gasteiger partial charge on any atom is -0.494 e.